The van der Waals surface area contributed by atoms with Crippen LogP contribution in [0.5, 0.6) is 0 Å². The van der Waals surface area contributed by atoms with E-state index in [1.807, 2.05) is 25.5 Å². The van der Waals surface area contributed by atoms with E-state index in [0.717, 1.165) is 23.5 Å². The highest BCUT2D eigenvalue weighted by molar-refractivity contribution is 5.29. The number of halogens is 3. The van der Waals surface area contributed by atoms with Crippen LogP contribution in [0.15, 0.2) is 0 Å². The molecule has 0 saturated heterocycles. The van der Waals surface area contributed by atoms with Crippen molar-refractivity contribution in [3.8, 4) is 0 Å². The third-order valence-electron chi connectivity index (χ3n) is 3.96. The highest BCUT2D eigenvalue weighted by Gasteiger charge is 2.63. The lowest BCUT2D eigenvalue weighted by molar-refractivity contribution is -0.167. The summed E-state index contributed by atoms with van der Waals surface area (Å²) in [5, 5.41) is 7.12. The summed E-state index contributed by atoms with van der Waals surface area (Å²) in [5.74, 6) is 0. The van der Waals surface area contributed by atoms with Gasteiger partial charge in [-0.1, -0.05) is 0 Å². The van der Waals surface area contributed by atoms with E-state index in [2.05, 4.69) is 10.4 Å². The molecule has 1 heterocycles. The number of aryl methyl sites for hydroxylation is 2. The first-order valence-corrected chi connectivity index (χ1v) is 6.60. The lowest BCUT2D eigenvalue weighted by atomic mass is 10.0. The predicted molar refractivity (Wildman–Crippen MR) is 66.9 cm³/mol. The van der Waals surface area contributed by atoms with Crippen molar-refractivity contribution in [2.24, 2.45) is 0 Å². The van der Waals surface area contributed by atoms with E-state index < -0.39 is 11.7 Å². The van der Waals surface area contributed by atoms with Crippen molar-refractivity contribution in [1.82, 2.24) is 15.1 Å². The Morgan fingerprint density at radius 1 is 1.37 bits per heavy atom. The highest BCUT2D eigenvalue weighted by atomic mass is 19.4. The van der Waals surface area contributed by atoms with Crippen LogP contribution in [0.1, 0.15) is 49.7 Å². The molecule has 1 aliphatic carbocycles. The van der Waals surface area contributed by atoms with Gasteiger partial charge in [-0.3, -0.25) is 10.00 Å². The molecule has 0 spiro atoms. The van der Waals surface area contributed by atoms with Gasteiger partial charge in [0.2, 0.25) is 0 Å². The zero-order valence-electron chi connectivity index (χ0n) is 11.7. The van der Waals surface area contributed by atoms with E-state index in [-0.39, 0.29) is 18.9 Å². The standard InChI is InChI=1S/C13H20F3N3/c1-5-19-10(4)11(9(3)18-19)8(2)17-12(6-7-12)13(14,15)16/h8,17H,5-7H2,1-4H3. The van der Waals surface area contributed by atoms with Crippen molar-refractivity contribution in [3.05, 3.63) is 17.0 Å². The summed E-state index contributed by atoms with van der Waals surface area (Å²) in [6.07, 6.45) is -3.84. The number of nitrogens with zero attached hydrogens (tertiary/aromatic N) is 2. The van der Waals surface area contributed by atoms with Crippen molar-refractivity contribution >= 4 is 0 Å². The molecule has 0 amide bonds. The molecule has 1 fully saturated rings. The second-order valence-corrected chi connectivity index (χ2v) is 5.35. The molecule has 3 nitrogen and oxygen atoms in total. The van der Waals surface area contributed by atoms with Crippen LogP contribution in [-0.2, 0) is 6.54 Å². The molecule has 1 aromatic heterocycles. The van der Waals surface area contributed by atoms with Gasteiger partial charge < -0.3 is 0 Å². The molecular weight excluding hydrogens is 255 g/mol. The molecule has 1 unspecified atom stereocenters. The van der Waals surface area contributed by atoms with Gasteiger partial charge in [0.05, 0.1) is 5.69 Å². The Bertz CT molecular complexity index is 472. The number of hydrogen-bond acceptors (Lipinski definition) is 2. The van der Waals surface area contributed by atoms with Gasteiger partial charge >= 0.3 is 6.18 Å². The largest absolute Gasteiger partial charge is 0.406 e. The molecule has 0 radical (unpaired) electrons. The third kappa shape index (κ3) is 2.38. The van der Waals surface area contributed by atoms with Crippen molar-refractivity contribution in [2.75, 3.05) is 0 Å². The molecule has 108 valence electrons. The van der Waals surface area contributed by atoms with E-state index in [0.29, 0.717) is 0 Å². The topological polar surface area (TPSA) is 29.9 Å². The summed E-state index contributed by atoms with van der Waals surface area (Å²) in [7, 11) is 0. The molecule has 1 aromatic rings. The van der Waals surface area contributed by atoms with Crippen molar-refractivity contribution in [1.29, 1.82) is 0 Å². The third-order valence-corrected chi connectivity index (χ3v) is 3.96. The molecule has 19 heavy (non-hydrogen) atoms. The average molecular weight is 275 g/mol. The average Bonchev–Trinajstić information content (AvgIpc) is 3.00. The maximum atomic E-state index is 13.0. The van der Waals surface area contributed by atoms with Crippen LogP contribution in [0.3, 0.4) is 0 Å². The van der Waals surface area contributed by atoms with Crippen LogP contribution in [0.2, 0.25) is 0 Å². The predicted octanol–water partition coefficient (Wildman–Crippen LogP) is 3.27. The fraction of sp³-hybridized carbons (Fsp3) is 0.769. The lowest BCUT2D eigenvalue weighted by Gasteiger charge is -2.25. The number of rotatable bonds is 4. The van der Waals surface area contributed by atoms with Gasteiger partial charge in [0.1, 0.15) is 5.54 Å². The number of nitrogens with one attached hydrogen (secondary N) is 1. The molecule has 2 rings (SSSR count). The van der Waals surface area contributed by atoms with Gasteiger partial charge in [0.25, 0.3) is 0 Å². The molecule has 6 heteroatoms. The van der Waals surface area contributed by atoms with Crippen LogP contribution in [-0.4, -0.2) is 21.5 Å². The minimum atomic E-state index is -4.18. The van der Waals surface area contributed by atoms with Gasteiger partial charge in [0.15, 0.2) is 0 Å². The van der Waals surface area contributed by atoms with Gasteiger partial charge in [-0.05, 0) is 40.5 Å². The highest BCUT2D eigenvalue weighted by Crippen LogP contribution is 2.50. The summed E-state index contributed by atoms with van der Waals surface area (Å²) >= 11 is 0. The van der Waals surface area contributed by atoms with E-state index in [9.17, 15) is 13.2 Å². The van der Waals surface area contributed by atoms with Crippen molar-refractivity contribution < 1.29 is 13.2 Å². The SMILES string of the molecule is CCn1nc(C)c(C(C)NC2(C(F)(F)F)CC2)c1C. The summed E-state index contributed by atoms with van der Waals surface area (Å²) in [6, 6.07) is -0.343. The van der Waals surface area contributed by atoms with E-state index in [4.69, 9.17) is 0 Å². The Hall–Kier alpha value is -1.04. The summed E-state index contributed by atoms with van der Waals surface area (Å²) in [5.41, 5.74) is 0.951. The summed E-state index contributed by atoms with van der Waals surface area (Å²) < 4.78 is 40.7. The second kappa shape index (κ2) is 4.51. The van der Waals surface area contributed by atoms with E-state index in [1.54, 1.807) is 6.92 Å². The number of hydrogen-bond donors (Lipinski definition) is 1. The van der Waals surface area contributed by atoms with Crippen LogP contribution in [0, 0.1) is 13.8 Å². The lowest BCUT2D eigenvalue weighted by Crippen LogP contribution is -2.46. The molecule has 1 saturated carbocycles. The molecule has 1 atom stereocenters. The second-order valence-electron chi connectivity index (χ2n) is 5.35. The first-order valence-electron chi connectivity index (χ1n) is 6.60. The van der Waals surface area contributed by atoms with Crippen LogP contribution in [0.4, 0.5) is 13.2 Å². The Balaban J connectivity index is 2.22. The Morgan fingerprint density at radius 3 is 2.32 bits per heavy atom. The van der Waals surface area contributed by atoms with Gasteiger partial charge in [-0.2, -0.15) is 18.3 Å². The van der Waals surface area contributed by atoms with Crippen molar-refractivity contribution in [2.45, 2.75) is 64.8 Å². The first kappa shape index (κ1) is 14.4. The van der Waals surface area contributed by atoms with Gasteiger partial charge in [0, 0.05) is 23.8 Å². The molecule has 1 aliphatic rings. The Kier molecular flexibility index (Phi) is 3.41. The zero-order valence-corrected chi connectivity index (χ0v) is 11.7. The van der Waals surface area contributed by atoms with Crippen molar-refractivity contribution in [3.63, 3.8) is 0 Å². The van der Waals surface area contributed by atoms with E-state index in [1.165, 1.54) is 0 Å². The van der Waals surface area contributed by atoms with E-state index >= 15 is 0 Å². The monoisotopic (exact) mass is 275 g/mol. The number of aromatic nitrogens is 2. The fourth-order valence-corrected chi connectivity index (χ4v) is 2.77. The minimum Gasteiger partial charge on any atom is -0.297 e. The molecular formula is C13H20F3N3. The molecule has 1 N–H and O–H groups in total. The molecule has 0 aromatic carbocycles. The van der Waals surface area contributed by atoms with Gasteiger partial charge in [-0.25, -0.2) is 0 Å². The Labute approximate surface area is 111 Å². The summed E-state index contributed by atoms with van der Waals surface area (Å²) in [4.78, 5) is 0. The zero-order chi connectivity index (χ0) is 14.4. The Morgan fingerprint density at radius 2 is 1.95 bits per heavy atom. The van der Waals surface area contributed by atoms with Gasteiger partial charge in [-0.15, -0.1) is 0 Å². The first-order chi connectivity index (χ1) is 8.72. The quantitative estimate of drug-likeness (QED) is 0.914. The minimum absolute atomic E-state index is 0.168. The van der Waals surface area contributed by atoms with Crippen LogP contribution in [0.25, 0.3) is 0 Å². The fourth-order valence-electron chi connectivity index (χ4n) is 2.77. The normalized spacial score (nSPS) is 19.5. The smallest absolute Gasteiger partial charge is 0.297 e. The summed E-state index contributed by atoms with van der Waals surface area (Å²) in [6.45, 7) is 8.23. The van der Waals surface area contributed by atoms with Crippen LogP contribution >= 0.6 is 0 Å². The maximum absolute atomic E-state index is 13.0. The van der Waals surface area contributed by atoms with Crippen LogP contribution < -0.4 is 5.32 Å². The molecule has 0 aliphatic heterocycles. The number of alkyl halides is 3. The maximum Gasteiger partial charge on any atom is 0.406 e. The molecule has 0 bridgehead atoms.